The molecule has 4 atom stereocenters. The van der Waals surface area contributed by atoms with Crippen LogP contribution in [0.25, 0.3) is 11.2 Å². The van der Waals surface area contributed by atoms with Crippen molar-refractivity contribution < 1.29 is 18.6 Å². The summed E-state index contributed by atoms with van der Waals surface area (Å²) in [5.41, 5.74) is 7.21. The fourth-order valence-corrected chi connectivity index (χ4v) is 7.82. The van der Waals surface area contributed by atoms with E-state index in [-0.39, 0.29) is 18.3 Å². The summed E-state index contributed by atoms with van der Waals surface area (Å²) in [6.07, 6.45) is 0.258. The van der Waals surface area contributed by atoms with E-state index in [4.69, 9.17) is 24.4 Å². The van der Waals surface area contributed by atoms with Crippen LogP contribution >= 0.6 is 22.6 Å². The lowest BCUT2D eigenvalue weighted by molar-refractivity contribution is -0.199. The van der Waals surface area contributed by atoms with Gasteiger partial charge in [0, 0.05) is 22.6 Å². The molecule has 166 valence electrons. The average Bonchev–Trinajstić information content (AvgIpc) is 3.32. The summed E-state index contributed by atoms with van der Waals surface area (Å²) in [6, 6.07) is 3.27. The Balaban J connectivity index is 1.66. The Kier molecular flexibility index (Phi) is 6.14. The van der Waals surface area contributed by atoms with Gasteiger partial charge in [-0.2, -0.15) is 0 Å². The first-order chi connectivity index (χ1) is 14.2. The minimum Gasteiger partial charge on any atom is -0.414 e. The number of anilines is 1. The lowest BCUT2D eigenvalue weighted by Gasteiger charge is -2.31. The molecule has 0 unspecified atom stereocenters. The first-order valence-electron chi connectivity index (χ1n) is 10.5. The van der Waals surface area contributed by atoms with Gasteiger partial charge < -0.3 is 24.4 Å². The number of hydrogen-bond donors (Lipinski definition) is 1. The Morgan fingerprint density at radius 1 is 1.17 bits per heavy atom. The number of aromatic nitrogens is 4. The summed E-state index contributed by atoms with van der Waals surface area (Å²) < 4.78 is 28.2. The van der Waals surface area contributed by atoms with Crippen molar-refractivity contribution in [2.45, 2.75) is 83.1 Å². The molecule has 9 nitrogen and oxygen atoms in total. The van der Waals surface area contributed by atoms with Crippen molar-refractivity contribution >= 4 is 47.9 Å². The first-order valence-corrected chi connectivity index (χ1v) is 14.1. The second kappa shape index (κ2) is 8.24. The third-order valence-electron chi connectivity index (χ3n) is 6.33. The van der Waals surface area contributed by atoms with E-state index in [0.717, 1.165) is 18.1 Å². The molecule has 0 spiro atoms. The zero-order valence-corrected chi connectivity index (χ0v) is 21.2. The Morgan fingerprint density at radius 2 is 1.83 bits per heavy atom. The number of nitrogen functional groups attached to an aromatic ring is 1. The molecular formula is C19H30IN5O4Si. The van der Waals surface area contributed by atoms with Crippen LogP contribution in [0.2, 0.25) is 18.1 Å². The molecule has 0 amide bonds. The second-order valence-corrected chi connectivity index (χ2v) is 14.1. The lowest BCUT2D eigenvalue weighted by atomic mass is 10.1. The smallest absolute Gasteiger partial charge is 0.192 e. The molecule has 2 aromatic rings. The van der Waals surface area contributed by atoms with Crippen LogP contribution in [0.15, 0.2) is 6.33 Å². The predicted molar refractivity (Wildman–Crippen MR) is 123 cm³/mol. The number of imidazole rings is 1. The summed E-state index contributed by atoms with van der Waals surface area (Å²) in [5, 5.41) is 0. The molecule has 0 aromatic carbocycles. The van der Waals surface area contributed by atoms with Gasteiger partial charge in [0.25, 0.3) is 0 Å². The summed E-state index contributed by atoms with van der Waals surface area (Å²) in [6.45, 7) is 11.0. The van der Waals surface area contributed by atoms with Gasteiger partial charge in [0.2, 0.25) is 0 Å². The topological polar surface area (TPSA) is 107 Å². The monoisotopic (exact) mass is 547 g/mol. The standard InChI is InChI=1S/C19H30IN5O4Si/c1-6-30(7-2,8-3)26-9-11-13-14(29-19(4,5)28-13)17(27-11)25-16-12(24-18(25)20)15(21)22-10-23-16/h10-11,13-14,17H,6-9H2,1-5H3,(H2,21,22,23)/t11-,13-,14-,17-/m1/s1. The van der Waals surface area contributed by atoms with Gasteiger partial charge in [-0.3, -0.25) is 4.57 Å². The van der Waals surface area contributed by atoms with E-state index in [1.807, 2.05) is 18.4 Å². The predicted octanol–water partition coefficient (Wildman–Crippen LogP) is 3.45. The molecule has 2 saturated heterocycles. The van der Waals surface area contributed by atoms with Crippen LogP contribution in [-0.4, -0.2) is 58.5 Å². The van der Waals surface area contributed by atoms with Crippen molar-refractivity contribution in [3.05, 3.63) is 10.2 Å². The van der Waals surface area contributed by atoms with Crippen molar-refractivity contribution in [3.63, 3.8) is 0 Å². The molecular weight excluding hydrogens is 517 g/mol. The summed E-state index contributed by atoms with van der Waals surface area (Å²) in [4.78, 5) is 13.0. The molecule has 2 aromatic heterocycles. The highest BCUT2D eigenvalue weighted by Crippen LogP contribution is 2.45. The van der Waals surface area contributed by atoms with E-state index in [1.54, 1.807) is 0 Å². The van der Waals surface area contributed by atoms with Crippen LogP contribution in [0, 0.1) is 3.83 Å². The van der Waals surface area contributed by atoms with Crippen molar-refractivity contribution in [1.82, 2.24) is 19.5 Å². The zero-order valence-electron chi connectivity index (χ0n) is 18.1. The lowest BCUT2D eigenvalue weighted by Crippen LogP contribution is -2.41. The minimum atomic E-state index is -1.75. The zero-order chi connectivity index (χ0) is 21.7. The molecule has 2 N–H and O–H groups in total. The molecule has 2 fully saturated rings. The fraction of sp³-hybridized carbons (Fsp3) is 0.737. The molecule has 0 bridgehead atoms. The number of hydrogen-bond acceptors (Lipinski definition) is 8. The molecule has 0 saturated carbocycles. The highest BCUT2D eigenvalue weighted by Gasteiger charge is 2.56. The molecule has 0 radical (unpaired) electrons. The Morgan fingerprint density at radius 3 is 2.50 bits per heavy atom. The largest absolute Gasteiger partial charge is 0.414 e. The van der Waals surface area contributed by atoms with Gasteiger partial charge in [0.15, 0.2) is 41.1 Å². The molecule has 11 heteroatoms. The van der Waals surface area contributed by atoms with E-state index in [2.05, 4.69) is 58.3 Å². The number of nitrogens with zero attached hydrogens (tertiary/aromatic N) is 4. The van der Waals surface area contributed by atoms with E-state index in [1.165, 1.54) is 6.33 Å². The highest BCUT2D eigenvalue weighted by atomic mass is 127. The third-order valence-corrected chi connectivity index (χ3v) is 11.7. The van der Waals surface area contributed by atoms with Crippen LogP contribution in [0.1, 0.15) is 40.8 Å². The number of nitrogens with two attached hydrogens (primary N) is 1. The highest BCUT2D eigenvalue weighted by molar-refractivity contribution is 14.1. The van der Waals surface area contributed by atoms with Crippen LogP contribution in [0.4, 0.5) is 5.82 Å². The third kappa shape index (κ3) is 3.77. The maximum absolute atomic E-state index is 6.55. The van der Waals surface area contributed by atoms with Gasteiger partial charge in [-0.25, -0.2) is 15.0 Å². The summed E-state index contributed by atoms with van der Waals surface area (Å²) in [5.74, 6) is -0.347. The fourth-order valence-electron chi connectivity index (χ4n) is 4.44. The van der Waals surface area contributed by atoms with E-state index < -0.39 is 20.3 Å². The normalized spacial score (nSPS) is 28.3. The van der Waals surface area contributed by atoms with E-state index in [0.29, 0.717) is 27.4 Å². The summed E-state index contributed by atoms with van der Waals surface area (Å²) in [7, 11) is -1.75. The average molecular weight is 547 g/mol. The molecule has 30 heavy (non-hydrogen) atoms. The van der Waals surface area contributed by atoms with Gasteiger partial charge in [-0.05, 0) is 32.0 Å². The van der Waals surface area contributed by atoms with E-state index >= 15 is 0 Å². The Hall–Kier alpha value is -0.863. The second-order valence-electron chi connectivity index (χ2n) is 8.37. The maximum atomic E-state index is 6.55. The van der Waals surface area contributed by atoms with Gasteiger partial charge in [0.05, 0.1) is 6.61 Å². The van der Waals surface area contributed by atoms with Gasteiger partial charge in [-0.15, -0.1) is 0 Å². The molecule has 0 aliphatic carbocycles. The molecule has 2 aliphatic heterocycles. The first kappa shape index (κ1) is 22.3. The van der Waals surface area contributed by atoms with Crippen molar-refractivity contribution in [2.24, 2.45) is 0 Å². The molecule has 2 aliphatic rings. The van der Waals surface area contributed by atoms with Crippen molar-refractivity contribution in [1.29, 1.82) is 0 Å². The van der Waals surface area contributed by atoms with Crippen LogP contribution in [0.5, 0.6) is 0 Å². The SMILES string of the molecule is CC[Si](CC)(CC)OC[C@H]1O[C@@H](n2c(I)nc3c(N)ncnc32)[C@@H]2OC(C)(C)O[C@@H]21. The quantitative estimate of drug-likeness (QED) is 0.319. The number of fused-ring (bicyclic) bond motifs is 2. The van der Waals surface area contributed by atoms with Crippen molar-refractivity contribution in [2.75, 3.05) is 12.3 Å². The number of halogens is 1. The molecule has 4 heterocycles. The van der Waals surface area contributed by atoms with Crippen LogP contribution in [-0.2, 0) is 18.6 Å². The van der Waals surface area contributed by atoms with E-state index in [9.17, 15) is 0 Å². The maximum Gasteiger partial charge on any atom is 0.192 e. The van der Waals surface area contributed by atoms with Crippen LogP contribution in [0.3, 0.4) is 0 Å². The van der Waals surface area contributed by atoms with Gasteiger partial charge in [0.1, 0.15) is 24.6 Å². The summed E-state index contributed by atoms with van der Waals surface area (Å²) >= 11 is 2.17. The van der Waals surface area contributed by atoms with Gasteiger partial charge >= 0.3 is 0 Å². The number of ether oxygens (including phenoxy) is 3. The van der Waals surface area contributed by atoms with Gasteiger partial charge in [-0.1, -0.05) is 20.8 Å². The van der Waals surface area contributed by atoms with Crippen LogP contribution < -0.4 is 5.73 Å². The Bertz CT molecular complexity index is 913. The number of rotatable bonds is 7. The Labute approximate surface area is 191 Å². The van der Waals surface area contributed by atoms with Crippen molar-refractivity contribution in [3.8, 4) is 0 Å². The minimum absolute atomic E-state index is 0.227. The molecule has 4 rings (SSSR count).